The standard InChI is InChI=1S/C18H18F3N7O3S/c1-10(14-26-16(22-2)27-28(14)17-23-5-4-6-24-17)25-15(29)11-7-12(31-18(19,20)21)9-13(8-11)32(3)30/h4-10H,1-3H3,(H,22,27)(H,25,29)/t10-,32?/m0/s1. The Morgan fingerprint density at radius 1 is 1.22 bits per heavy atom. The van der Waals surface area contributed by atoms with E-state index >= 15 is 0 Å². The third-order valence-electron chi connectivity index (χ3n) is 4.04. The van der Waals surface area contributed by atoms with Crippen LogP contribution in [0.2, 0.25) is 0 Å². The zero-order valence-electron chi connectivity index (χ0n) is 17.0. The number of hydrogen-bond acceptors (Lipinski definition) is 8. The zero-order chi connectivity index (χ0) is 23.5. The summed E-state index contributed by atoms with van der Waals surface area (Å²) in [5.74, 6) is -0.650. The molecular weight excluding hydrogens is 451 g/mol. The van der Waals surface area contributed by atoms with Gasteiger partial charge < -0.3 is 15.4 Å². The van der Waals surface area contributed by atoms with Crippen LogP contribution in [0.3, 0.4) is 0 Å². The maximum absolute atomic E-state index is 12.8. The molecule has 0 saturated carbocycles. The Morgan fingerprint density at radius 3 is 2.50 bits per heavy atom. The second kappa shape index (κ2) is 9.30. The molecule has 170 valence electrons. The van der Waals surface area contributed by atoms with Crippen LogP contribution in [0, 0.1) is 0 Å². The van der Waals surface area contributed by atoms with Crippen molar-refractivity contribution in [3.05, 3.63) is 48.0 Å². The van der Waals surface area contributed by atoms with E-state index in [1.165, 1.54) is 29.4 Å². The highest BCUT2D eigenvalue weighted by Gasteiger charge is 2.32. The Morgan fingerprint density at radius 2 is 1.91 bits per heavy atom. The van der Waals surface area contributed by atoms with E-state index in [1.54, 1.807) is 20.0 Å². The summed E-state index contributed by atoms with van der Waals surface area (Å²) in [6, 6.07) is 3.98. The maximum atomic E-state index is 12.8. The lowest BCUT2D eigenvalue weighted by atomic mass is 10.2. The number of anilines is 1. The van der Waals surface area contributed by atoms with Crippen LogP contribution in [0.4, 0.5) is 19.1 Å². The van der Waals surface area contributed by atoms with Gasteiger partial charge >= 0.3 is 6.36 Å². The number of hydrogen-bond donors (Lipinski definition) is 2. The van der Waals surface area contributed by atoms with Gasteiger partial charge in [-0.25, -0.2) is 9.97 Å². The zero-order valence-corrected chi connectivity index (χ0v) is 17.9. The normalized spacial score (nSPS) is 13.3. The molecule has 0 aliphatic rings. The number of carbonyl (C=O) groups is 1. The lowest BCUT2D eigenvalue weighted by Crippen LogP contribution is -2.29. The van der Waals surface area contributed by atoms with Crippen molar-refractivity contribution < 1.29 is 26.9 Å². The van der Waals surface area contributed by atoms with E-state index in [4.69, 9.17) is 0 Å². The third-order valence-corrected chi connectivity index (χ3v) is 4.94. The van der Waals surface area contributed by atoms with Gasteiger partial charge in [-0.3, -0.25) is 9.00 Å². The summed E-state index contributed by atoms with van der Waals surface area (Å²) in [7, 11) is -0.0400. The molecule has 0 bridgehead atoms. The van der Waals surface area contributed by atoms with Gasteiger partial charge in [-0.2, -0.15) is 9.67 Å². The van der Waals surface area contributed by atoms with E-state index < -0.39 is 34.9 Å². The number of alkyl halides is 3. The fraction of sp³-hybridized carbons (Fsp3) is 0.278. The van der Waals surface area contributed by atoms with Crippen LogP contribution in [0.15, 0.2) is 41.6 Å². The van der Waals surface area contributed by atoms with E-state index in [2.05, 4.69) is 35.4 Å². The first kappa shape index (κ1) is 23.1. The smallest absolute Gasteiger partial charge is 0.406 e. The van der Waals surface area contributed by atoms with Gasteiger partial charge in [0.15, 0.2) is 5.82 Å². The van der Waals surface area contributed by atoms with Crippen LogP contribution in [-0.2, 0) is 10.8 Å². The first-order valence-corrected chi connectivity index (χ1v) is 10.6. The van der Waals surface area contributed by atoms with E-state index in [9.17, 15) is 22.2 Å². The summed E-state index contributed by atoms with van der Waals surface area (Å²) in [5, 5.41) is 9.64. The van der Waals surface area contributed by atoms with E-state index in [0.29, 0.717) is 0 Å². The van der Waals surface area contributed by atoms with Crippen LogP contribution in [0.1, 0.15) is 29.1 Å². The Hall–Kier alpha value is -3.55. The summed E-state index contributed by atoms with van der Waals surface area (Å²) >= 11 is 0. The molecule has 32 heavy (non-hydrogen) atoms. The second-order valence-corrected chi connectivity index (χ2v) is 7.77. The lowest BCUT2D eigenvalue weighted by Gasteiger charge is -2.15. The number of amides is 1. The van der Waals surface area contributed by atoms with Crippen LogP contribution in [0.25, 0.3) is 5.95 Å². The van der Waals surface area contributed by atoms with Crippen molar-refractivity contribution in [2.24, 2.45) is 0 Å². The van der Waals surface area contributed by atoms with Gasteiger partial charge in [0.1, 0.15) is 5.75 Å². The molecule has 3 aromatic rings. The first-order valence-electron chi connectivity index (χ1n) is 9.04. The molecule has 2 atom stereocenters. The number of ether oxygens (including phenoxy) is 1. The van der Waals surface area contributed by atoms with Gasteiger partial charge in [-0.15, -0.1) is 18.3 Å². The van der Waals surface area contributed by atoms with Crippen molar-refractivity contribution in [2.75, 3.05) is 18.6 Å². The number of aromatic nitrogens is 5. The molecule has 14 heteroatoms. The number of halogens is 3. The summed E-state index contributed by atoms with van der Waals surface area (Å²) in [6.45, 7) is 1.61. The molecule has 3 rings (SSSR count). The first-order chi connectivity index (χ1) is 15.1. The minimum absolute atomic E-state index is 0.00266. The Balaban J connectivity index is 1.91. The minimum atomic E-state index is -4.97. The molecule has 1 amide bonds. The van der Waals surface area contributed by atoms with Crippen LogP contribution >= 0.6 is 0 Å². The molecule has 0 fully saturated rings. The fourth-order valence-corrected chi connectivity index (χ4v) is 3.24. The third kappa shape index (κ3) is 5.57. The van der Waals surface area contributed by atoms with Crippen molar-refractivity contribution >= 4 is 22.7 Å². The average molecular weight is 469 g/mol. The summed E-state index contributed by atoms with van der Waals surface area (Å²) in [6.07, 6.45) is -0.674. The fourth-order valence-electron chi connectivity index (χ4n) is 2.66. The number of nitrogens with zero attached hydrogens (tertiary/aromatic N) is 5. The molecule has 1 unspecified atom stereocenters. The molecule has 0 saturated heterocycles. The molecular formula is C18H18F3N7O3S. The highest BCUT2D eigenvalue weighted by atomic mass is 32.2. The van der Waals surface area contributed by atoms with Gasteiger partial charge in [0.25, 0.3) is 11.9 Å². The van der Waals surface area contributed by atoms with Gasteiger partial charge in [0, 0.05) is 47.0 Å². The molecule has 10 nitrogen and oxygen atoms in total. The van der Waals surface area contributed by atoms with Crippen LogP contribution in [0.5, 0.6) is 5.75 Å². The molecule has 0 aliphatic carbocycles. The van der Waals surface area contributed by atoms with Crippen molar-refractivity contribution in [3.8, 4) is 11.7 Å². The Kier molecular flexibility index (Phi) is 6.72. The predicted molar refractivity (Wildman–Crippen MR) is 108 cm³/mol. The topological polar surface area (TPSA) is 124 Å². The maximum Gasteiger partial charge on any atom is 0.573 e. The molecule has 0 spiro atoms. The number of nitrogens with one attached hydrogen (secondary N) is 2. The quantitative estimate of drug-likeness (QED) is 0.540. The summed E-state index contributed by atoms with van der Waals surface area (Å²) < 4.78 is 55.0. The molecule has 1 aromatic carbocycles. The highest BCUT2D eigenvalue weighted by Crippen LogP contribution is 2.26. The molecule has 0 radical (unpaired) electrons. The van der Waals surface area contributed by atoms with Gasteiger partial charge in [0.2, 0.25) is 5.95 Å². The van der Waals surface area contributed by atoms with Crippen molar-refractivity contribution in [3.63, 3.8) is 0 Å². The monoisotopic (exact) mass is 469 g/mol. The predicted octanol–water partition coefficient (Wildman–Crippen LogP) is 2.23. The van der Waals surface area contributed by atoms with Gasteiger partial charge in [0.05, 0.1) is 6.04 Å². The summed E-state index contributed by atoms with van der Waals surface area (Å²) in [4.78, 5) is 25.3. The number of carbonyl (C=O) groups excluding carboxylic acids is 1. The lowest BCUT2D eigenvalue weighted by molar-refractivity contribution is -0.274. The van der Waals surface area contributed by atoms with Crippen LogP contribution < -0.4 is 15.4 Å². The van der Waals surface area contributed by atoms with Crippen molar-refractivity contribution in [1.29, 1.82) is 0 Å². The Labute approximate surface area is 182 Å². The van der Waals surface area contributed by atoms with Crippen LogP contribution in [-0.4, -0.2) is 54.5 Å². The van der Waals surface area contributed by atoms with E-state index in [0.717, 1.165) is 12.1 Å². The largest absolute Gasteiger partial charge is 0.573 e. The molecule has 2 N–H and O–H groups in total. The van der Waals surface area contributed by atoms with E-state index in [-0.39, 0.29) is 28.2 Å². The average Bonchev–Trinajstić information content (AvgIpc) is 3.17. The summed E-state index contributed by atoms with van der Waals surface area (Å²) in [5.41, 5.74) is -0.167. The highest BCUT2D eigenvalue weighted by molar-refractivity contribution is 7.84. The minimum Gasteiger partial charge on any atom is -0.406 e. The van der Waals surface area contributed by atoms with Crippen molar-refractivity contribution in [2.45, 2.75) is 24.2 Å². The molecule has 2 heterocycles. The number of rotatable bonds is 7. The van der Waals surface area contributed by atoms with Gasteiger partial charge in [-0.05, 0) is 31.2 Å². The number of benzene rings is 1. The van der Waals surface area contributed by atoms with Gasteiger partial charge in [-0.1, -0.05) is 0 Å². The second-order valence-electron chi connectivity index (χ2n) is 6.39. The molecule has 0 aliphatic heterocycles. The van der Waals surface area contributed by atoms with Crippen molar-refractivity contribution in [1.82, 2.24) is 30.0 Å². The Bertz CT molecular complexity index is 1140. The SMILES string of the molecule is CNc1nc([C@H](C)NC(=O)c2cc(OC(F)(F)F)cc(S(C)=O)c2)n(-c2ncccn2)n1. The molecule has 2 aromatic heterocycles. The van der Waals surface area contributed by atoms with E-state index in [1.807, 2.05) is 0 Å².